The van der Waals surface area contributed by atoms with E-state index in [2.05, 4.69) is 4.84 Å². The van der Waals surface area contributed by atoms with Crippen LogP contribution in [-0.2, 0) is 4.84 Å². The molecule has 2 aromatic carbocycles. The second-order valence-corrected chi connectivity index (χ2v) is 4.84. The minimum absolute atomic E-state index is 0.384. The number of nitrogen functional groups attached to an aromatic ring is 1. The van der Waals surface area contributed by atoms with Crippen LogP contribution in [0.3, 0.4) is 0 Å². The molecule has 24 heavy (non-hydrogen) atoms. The van der Waals surface area contributed by atoms with Gasteiger partial charge in [0.25, 0.3) is 0 Å². The number of carbonyl (C=O) groups excluding carboxylic acids is 1. The summed E-state index contributed by atoms with van der Waals surface area (Å²) in [6.45, 7) is 2.56. The zero-order chi connectivity index (χ0) is 17.4. The molecule has 0 aliphatic heterocycles. The number of nitrogens with two attached hydrogens (primary N) is 1. The van der Waals surface area contributed by atoms with Crippen LogP contribution in [0.4, 0.5) is 21.9 Å². The van der Waals surface area contributed by atoms with Gasteiger partial charge in [-0.25, -0.2) is 4.79 Å². The van der Waals surface area contributed by atoms with Crippen molar-refractivity contribution in [2.45, 2.75) is 13.3 Å². The number of hydrogen-bond donors (Lipinski definition) is 2. The van der Waals surface area contributed by atoms with E-state index in [0.717, 1.165) is 6.42 Å². The van der Waals surface area contributed by atoms with E-state index in [1.807, 2.05) is 18.5 Å². The van der Waals surface area contributed by atoms with Crippen LogP contribution < -0.4 is 20.9 Å². The first-order valence-electron chi connectivity index (χ1n) is 7.39. The summed E-state index contributed by atoms with van der Waals surface area (Å²) in [7, 11) is 0. The van der Waals surface area contributed by atoms with Crippen molar-refractivity contribution in [3.05, 3.63) is 48.5 Å². The molecule has 2 amide bonds. The highest BCUT2D eigenvalue weighted by atomic mass is 16.6. The number of carbonyl (C=O) groups is 1. The third-order valence-corrected chi connectivity index (χ3v) is 3.12. The summed E-state index contributed by atoms with van der Waals surface area (Å²) in [5.74, 6) is 0.594. The fourth-order valence-corrected chi connectivity index (χ4v) is 2.08. The molecule has 7 heteroatoms. The van der Waals surface area contributed by atoms with E-state index >= 15 is 0 Å². The monoisotopic (exact) mass is 326 g/mol. The lowest BCUT2D eigenvalue weighted by Gasteiger charge is -2.24. The summed E-state index contributed by atoms with van der Waals surface area (Å²) in [4.78, 5) is 18.1. The van der Waals surface area contributed by atoms with E-state index in [9.17, 15) is 4.79 Å². The van der Waals surface area contributed by atoms with E-state index in [4.69, 9.17) is 15.7 Å². The van der Waals surface area contributed by atoms with Gasteiger partial charge >= 0.3 is 12.3 Å². The maximum absolute atomic E-state index is 12.4. The number of benzene rings is 2. The Labute approximate surface area is 140 Å². The molecule has 0 unspecified atom stereocenters. The van der Waals surface area contributed by atoms with E-state index in [1.165, 1.54) is 11.2 Å². The molecule has 0 saturated heterocycles. The number of ether oxygens (including phenoxy) is 1. The molecule has 0 bridgehead atoms. The van der Waals surface area contributed by atoms with Crippen molar-refractivity contribution in [1.82, 2.24) is 5.48 Å². The highest BCUT2D eigenvalue weighted by molar-refractivity contribution is 6.01. The van der Waals surface area contributed by atoms with Gasteiger partial charge in [-0.3, -0.25) is 9.74 Å². The van der Waals surface area contributed by atoms with Gasteiger partial charge in [-0.2, -0.15) is 5.48 Å². The van der Waals surface area contributed by atoms with Crippen LogP contribution in [0.25, 0.3) is 0 Å². The number of hydroxylamine groups is 1. The number of anilines is 3. The number of nitriles is 1. The maximum atomic E-state index is 12.4. The van der Waals surface area contributed by atoms with E-state index in [1.54, 1.807) is 42.5 Å². The van der Waals surface area contributed by atoms with Crippen molar-refractivity contribution in [3.8, 4) is 12.0 Å². The SMILES string of the molecule is CCCOc1ccc(N)c(N(C(=O)NOC#N)c2ccccc2)c1. The molecular formula is C17H18N4O3. The molecule has 2 aromatic rings. The van der Waals surface area contributed by atoms with Crippen LogP contribution in [0, 0.1) is 11.5 Å². The van der Waals surface area contributed by atoms with Gasteiger partial charge in [-0.1, -0.05) is 25.1 Å². The maximum Gasteiger partial charge on any atom is 0.360 e. The summed E-state index contributed by atoms with van der Waals surface area (Å²) < 4.78 is 5.60. The van der Waals surface area contributed by atoms with Crippen molar-refractivity contribution in [2.75, 3.05) is 17.2 Å². The normalized spacial score (nSPS) is 9.67. The first-order valence-corrected chi connectivity index (χ1v) is 7.39. The lowest BCUT2D eigenvalue weighted by molar-refractivity contribution is 0.159. The van der Waals surface area contributed by atoms with Crippen LogP contribution in [-0.4, -0.2) is 12.6 Å². The molecule has 2 rings (SSSR count). The molecule has 7 nitrogen and oxygen atoms in total. The van der Waals surface area contributed by atoms with Gasteiger partial charge in [0.15, 0.2) is 0 Å². The summed E-state index contributed by atoms with van der Waals surface area (Å²) >= 11 is 0. The van der Waals surface area contributed by atoms with Gasteiger partial charge in [0.2, 0.25) is 0 Å². The average molecular weight is 326 g/mol. The lowest BCUT2D eigenvalue weighted by atomic mass is 10.2. The number of nitrogens with one attached hydrogen (secondary N) is 1. The molecule has 3 N–H and O–H groups in total. The fourth-order valence-electron chi connectivity index (χ4n) is 2.08. The summed E-state index contributed by atoms with van der Waals surface area (Å²) in [6, 6.07) is 13.3. The zero-order valence-electron chi connectivity index (χ0n) is 13.2. The molecule has 0 fully saturated rings. The van der Waals surface area contributed by atoms with Gasteiger partial charge in [0, 0.05) is 6.07 Å². The number of rotatable bonds is 6. The third kappa shape index (κ3) is 4.08. The van der Waals surface area contributed by atoms with Gasteiger partial charge in [-0.15, -0.1) is 5.26 Å². The third-order valence-electron chi connectivity index (χ3n) is 3.12. The molecule has 0 spiro atoms. The molecule has 0 aliphatic rings. The number of nitrogens with zero attached hydrogens (tertiary/aromatic N) is 2. The predicted octanol–water partition coefficient (Wildman–Crippen LogP) is 3.32. The Hall–Kier alpha value is -3.40. The van der Waals surface area contributed by atoms with Crippen molar-refractivity contribution in [1.29, 1.82) is 5.26 Å². The second kappa shape index (κ2) is 8.29. The van der Waals surface area contributed by atoms with E-state index in [0.29, 0.717) is 29.4 Å². The topological polar surface area (TPSA) is 101 Å². The summed E-state index contributed by atoms with van der Waals surface area (Å²) in [6.07, 6.45) is 2.26. The van der Waals surface area contributed by atoms with Crippen molar-refractivity contribution >= 4 is 23.1 Å². The molecule has 0 heterocycles. The van der Waals surface area contributed by atoms with Crippen molar-refractivity contribution in [2.24, 2.45) is 0 Å². The quantitative estimate of drug-likeness (QED) is 0.482. The van der Waals surface area contributed by atoms with Crippen molar-refractivity contribution in [3.63, 3.8) is 0 Å². The molecule has 0 radical (unpaired) electrons. The number of hydrogen-bond acceptors (Lipinski definition) is 5. The molecular weight excluding hydrogens is 308 g/mol. The Bertz CT molecular complexity index is 728. The van der Waals surface area contributed by atoms with Crippen LogP contribution in [0.1, 0.15) is 13.3 Å². The van der Waals surface area contributed by atoms with Crippen LogP contribution in [0.2, 0.25) is 0 Å². The molecule has 0 aromatic heterocycles. The first kappa shape index (κ1) is 17.0. The fraction of sp³-hybridized carbons (Fsp3) is 0.176. The largest absolute Gasteiger partial charge is 0.494 e. The molecule has 0 saturated carbocycles. The second-order valence-electron chi connectivity index (χ2n) is 4.84. The standard InChI is InChI=1S/C17H18N4O3/c1-2-10-23-14-8-9-15(19)16(11-14)21(17(22)20-24-12-18)13-6-4-3-5-7-13/h3-9,11H,2,10,19H2,1H3,(H,20,22). The van der Waals surface area contributed by atoms with E-state index in [-0.39, 0.29) is 0 Å². The molecule has 124 valence electrons. The minimum atomic E-state index is -0.651. The van der Waals surface area contributed by atoms with Gasteiger partial charge in [0.05, 0.1) is 23.7 Å². The van der Waals surface area contributed by atoms with Crippen LogP contribution >= 0.6 is 0 Å². The highest BCUT2D eigenvalue weighted by Gasteiger charge is 2.21. The number of amides is 2. The van der Waals surface area contributed by atoms with Crippen LogP contribution in [0.15, 0.2) is 48.5 Å². The Kier molecular flexibility index (Phi) is 5.86. The Morgan fingerprint density at radius 1 is 1.29 bits per heavy atom. The van der Waals surface area contributed by atoms with Crippen LogP contribution in [0.5, 0.6) is 5.75 Å². The lowest BCUT2D eigenvalue weighted by Crippen LogP contribution is -2.36. The number of para-hydroxylation sites is 1. The van der Waals surface area contributed by atoms with Gasteiger partial charge < -0.3 is 10.5 Å². The minimum Gasteiger partial charge on any atom is -0.494 e. The molecule has 0 atom stereocenters. The average Bonchev–Trinajstić information content (AvgIpc) is 2.61. The molecule has 0 aliphatic carbocycles. The van der Waals surface area contributed by atoms with E-state index < -0.39 is 6.03 Å². The summed E-state index contributed by atoms with van der Waals surface area (Å²) in [5, 5.41) is 8.48. The smallest absolute Gasteiger partial charge is 0.360 e. The van der Waals surface area contributed by atoms with Gasteiger partial charge in [-0.05, 0) is 30.7 Å². The summed E-state index contributed by atoms with van der Waals surface area (Å²) in [5.41, 5.74) is 9.46. The first-order chi connectivity index (χ1) is 11.7. The highest BCUT2D eigenvalue weighted by Crippen LogP contribution is 2.33. The number of urea groups is 1. The Balaban J connectivity index is 2.43. The van der Waals surface area contributed by atoms with Crippen molar-refractivity contribution < 1.29 is 14.4 Å². The predicted molar refractivity (Wildman–Crippen MR) is 90.5 cm³/mol. The zero-order valence-corrected chi connectivity index (χ0v) is 13.2. The van der Waals surface area contributed by atoms with Gasteiger partial charge in [0.1, 0.15) is 5.75 Å². The Morgan fingerprint density at radius 3 is 2.71 bits per heavy atom. The Morgan fingerprint density at radius 2 is 2.04 bits per heavy atom.